The molecule has 2 N–H and O–H groups in total. The Morgan fingerprint density at radius 3 is 2.50 bits per heavy atom. The van der Waals surface area contributed by atoms with Gasteiger partial charge in [0.15, 0.2) is 6.29 Å². The number of rotatable bonds is 2. The molecule has 0 amide bonds. The van der Waals surface area contributed by atoms with Crippen molar-refractivity contribution in [1.82, 2.24) is 0 Å². The first-order valence-electron chi connectivity index (χ1n) is 4.97. The van der Waals surface area contributed by atoms with Gasteiger partial charge in [-0.25, -0.2) is 0 Å². The van der Waals surface area contributed by atoms with Crippen LogP contribution in [0.15, 0.2) is 22.7 Å². The van der Waals surface area contributed by atoms with E-state index in [2.05, 4.69) is 15.9 Å². The quantitative estimate of drug-likeness (QED) is 0.790. The van der Waals surface area contributed by atoms with E-state index >= 15 is 0 Å². The van der Waals surface area contributed by atoms with Crippen LogP contribution in [0.3, 0.4) is 0 Å². The highest BCUT2D eigenvalue weighted by Crippen LogP contribution is 2.27. The lowest BCUT2D eigenvalue weighted by atomic mass is 10.2. The van der Waals surface area contributed by atoms with Crippen molar-refractivity contribution >= 4 is 27.9 Å². The largest absolute Gasteiger partial charge is 0.389 e. The molecule has 1 saturated heterocycles. The fourth-order valence-electron chi connectivity index (χ4n) is 1.86. The highest BCUT2D eigenvalue weighted by Gasteiger charge is 2.30. The van der Waals surface area contributed by atoms with Gasteiger partial charge in [-0.05, 0) is 18.2 Å². The first kappa shape index (κ1) is 11.6. The van der Waals surface area contributed by atoms with Crippen molar-refractivity contribution in [2.45, 2.75) is 12.2 Å². The molecule has 0 aromatic heterocycles. The Labute approximate surface area is 102 Å². The van der Waals surface area contributed by atoms with Crippen LogP contribution in [0.2, 0.25) is 0 Å². The van der Waals surface area contributed by atoms with Gasteiger partial charge in [0, 0.05) is 28.8 Å². The minimum Gasteiger partial charge on any atom is -0.389 e. The predicted molar refractivity (Wildman–Crippen MR) is 63.8 cm³/mol. The maximum absolute atomic E-state index is 10.9. The third kappa shape index (κ3) is 2.11. The number of aliphatic hydroxyl groups is 2. The van der Waals surface area contributed by atoms with Gasteiger partial charge in [0.05, 0.1) is 12.2 Å². The predicted octanol–water partition coefficient (Wildman–Crippen LogP) is 0.803. The number of nitrogens with zero attached hydrogens (tertiary/aromatic N) is 1. The fraction of sp³-hybridized carbons (Fsp3) is 0.364. The molecule has 0 aliphatic carbocycles. The summed E-state index contributed by atoms with van der Waals surface area (Å²) in [5.41, 5.74) is 1.30. The summed E-state index contributed by atoms with van der Waals surface area (Å²) in [7, 11) is 0. The minimum absolute atomic E-state index is 0.346. The summed E-state index contributed by atoms with van der Waals surface area (Å²) in [6, 6.07) is 5.31. The lowest BCUT2D eigenvalue weighted by Crippen LogP contribution is -2.22. The van der Waals surface area contributed by atoms with E-state index in [0.717, 1.165) is 16.4 Å². The van der Waals surface area contributed by atoms with E-state index in [1.54, 1.807) is 12.1 Å². The Kier molecular flexibility index (Phi) is 3.28. The molecule has 1 aliphatic heterocycles. The van der Waals surface area contributed by atoms with Crippen molar-refractivity contribution in [3.05, 3.63) is 28.2 Å². The van der Waals surface area contributed by atoms with Crippen molar-refractivity contribution in [3.8, 4) is 0 Å². The first-order valence-corrected chi connectivity index (χ1v) is 5.77. The average Bonchev–Trinajstić information content (AvgIpc) is 2.59. The summed E-state index contributed by atoms with van der Waals surface area (Å²) in [5.74, 6) is 0. The standard InChI is InChI=1S/C11H12BrNO3/c12-8-2-1-7(6-14)9(3-8)13-4-10(15)11(16)5-13/h1-3,6,10-11,15-16H,4-5H2. The number of carbonyl (C=O) groups is 1. The van der Waals surface area contributed by atoms with Gasteiger partial charge in [0.2, 0.25) is 0 Å². The van der Waals surface area contributed by atoms with Crippen molar-refractivity contribution < 1.29 is 15.0 Å². The Bertz CT molecular complexity index is 400. The molecule has 0 bridgehead atoms. The summed E-state index contributed by atoms with van der Waals surface area (Å²) >= 11 is 3.34. The van der Waals surface area contributed by atoms with Crippen LogP contribution in [0.4, 0.5) is 5.69 Å². The molecule has 5 heteroatoms. The Balaban J connectivity index is 2.33. The van der Waals surface area contributed by atoms with Gasteiger partial charge in [0.1, 0.15) is 0 Å². The zero-order valence-corrected chi connectivity index (χ0v) is 10.1. The molecule has 2 unspecified atom stereocenters. The lowest BCUT2D eigenvalue weighted by molar-refractivity contribution is 0.0572. The van der Waals surface area contributed by atoms with E-state index in [-0.39, 0.29) is 0 Å². The monoisotopic (exact) mass is 285 g/mol. The molecule has 1 aromatic rings. The zero-order chi connectivity index (χ0) is 11.7. The van der Waals surface area contributed by atoms with Crippen LogP contribution in [0.1, 0.15) is 10.4 Å². The summed E-state index contributed by atoms with van der Waals surface area (Å²) in [4.78, 5) is 12.7. The molecule has 0 saturated carbocycles. The topological polar surface area (TPSA) is 60.8 Å². The second-order valence-electron chi connectivity index (χ2n) is 3.86. The third-order valence-electron chi connectivity index (χ3n) is 2.72. The summed E-state index contributed by atoms with van der Waals surface area (Å²) in [6.45, 7) is 0.691. The van der Waals surface area contributed by atoms with Crippen LogP contribution >= 0.6 is 15.9 Å². The number of halogens is 1. The number of aliphatic hydroxyl groups excluding tert-OH is 2. The van der Waals surface area contributed by atoms with Crippen LogP contribution < -0.4 is 4.90 Å². The summed E-state index contributed by atoms with van der Waals surface area (Å²) in [6.07, 6.45) is -0.726. The molecule has 1 aliphatic rings. The number of benzene rings is 1. The molecule has 16 heavy (non-hydrogen) atoms. The molecule has 86 valence electrons. The van der Waals surface area contributed by atoms with Gasteiger partial charge in [-0.1, -0.05) is 15.9 Å². The molecular weight excluding hydrogens is 274 g/mol. The van der Waals surface area contributed by atoms with Gasteiger partial charge >= 0.3 is 0 Å². The van der Waals surface area contributed by atoms with Crippen LogP contribution in [0.5, 0.6) is 0 Å². The average molecular weight is 286 g/mol. The molecular formula is C11H12BrNO3. The first-order chi connectivity index (χ1) is 7.61. The smallest absolute Gasteiger partial charge is 0.152 e. The van der Waals surface area contributed by atoms with Gasteiger partial charge in [-0.2, -0.15) is 0 Å². The molecule has 0 spiro atoms. The summed E-state index contributed by atoms with van der Waals surface area (Å²) < 4.78 is 0.865. The fourth-order valence-corrected chi connectivity index (χ4v) is 2.21. The van der Waals surface area contributed by atoms with Gasteiger partial charge in [-0.3, -0.25) is 4.79 Å². The number of anilines is 1. The molecule has 2 atom stereocenters. The van der Waals surface area contributed by atoms with Crippen LogP contribution in [-0.2, 0) is 0 Å². The van der Waals surface area contributed by atoms with Crippen molar-refractivity contribution in [1.29, 1.82) is 0 Å². The number of hydrogen-bond donors (Lipinski definition) is 2. The van der Waals surface area contributed by atoms with Gasteiger partial charge in [-0.15, -0.1) is 0 Å². The number of aldehydes is 1. The highest BCUT2D eigenvalue weighted by molar-refractivity contribution is 9.10. The normalized spacial score (nSPS) is 24.8. The molecule has 1 aromatic carbocycles. The molecule has 0 radical (unpaired) electrons. The van der Waals surface area contributed by atoms with Crippen molar-refractivity contribution in [2.75, 3.05) is 18.0 Å². The van der Waals surface area contributed by atoms with Crippen LogP contribution in [0.25, 0.3) is 0 Å². The van der Waals surface area contributed by atoms with Gasteiger partial charge in [0.25, 0.3) is 0 Å². The Hall–Kier alpha value is -0.910. The maximum Gasteiger partial charge on any atom is 0.152 e. The van der Waals surface area contributed by atoms with E-state index in [0.29, 0.717) is 18.7 Å². The van der Waals surface area contributed by atoms with Crippen LogP contribution in [-0.4, -0.2) is 41.8 Å². The number of β-amino-alcohol motifs (C(OH)–C–C–N with tert-alkyl or cyclic N) is 2. The second-order valence-corrected chi connectivity index (χ2v) is 4.78. The molecule has 1 fully saturated rings. The van der Waals surface area contributed by atoms with E-state index in [1.807, 2.05) is 11.0 Å². The van der Waals surface area contributed by atoms with Crippen molar-refractivity contribution in [2.24, 2.45) is 0 Å². The highest BCUT2D eigenvalue weighted by atomic mass is 79.9. The Morgan fingerprint density at radius 1 is 1.31 bits per heavy atom. The van der Waals surface area contributed by atoms with E-state index in [9.17, 15) is 15.0 Å². The number of hydrogen-bond acceptors (Lipinski definition) is 4. The van der Waals surface area contributed by atoms with Crippen LogP contribution in [0, 0.1) is 0 Å². The van der Waals surface area contributed by atoms with E-state index < -0.39 is 12.2 Å². The molecule has 2 rings (SSSR count). The maximum atomic E-state index is 10.9. The second kappa shape index (κ2) is 4.53. The van der Waals surface area contributed by atoms with E-state index in [4.69, 9.17) is 0 Å². The summed E-state index contributed by atoms with van der Waals surface area (Å²) in [5, 5.41) is 18.9. The Morgan fingerprint density at radius 2 is 1.94 bits per heavy atom. The minimum atomic E-state index is -0.751. The lowest BCUT2D eigenvalue weighted by Gasteiger charge is -2.19. The SMILES string of the molecule is O=Cc1ccc(Br)cc1N1CC(O)C(O)C1. The van der Waals surface area contributed by atoms with E-state index in [1.165, 1.54) is 0 Å². The zero-order valence-electron chi connectivity index (χ0n) is 8.51. The molecule has 1 heterocycles. The van der Waals surface area contributed by atoms with Gasteiger partial charge < -0.3 is 15.1 Å². The van der Waals surface area contributed by atoms with Crippen molar-refractivity contribution in [3.63, 3.8) is 0 Å². The number of carbonyl (C=O) groups excluding carboxylic acids is 1. The molecule has 4 nitrogen and oxygen atoms in total. The third-order valence-corrected chi connectivity index (χ3v) is 3.21.